The molecule has 0 aliphatic rings. The first-order valence-electron chi connectivity index (χ1n) is 6.76. The van der Waals surface area contributed by atoms with Crippen LogP contribution in [0.3, 0.4) is 0 Å². The van der Waals surface area contributed by atoms with Gasteiger partial charge >= 0.3 is 0 Å². The third-order valence-electron chi connectivity index (χ3n) is 3.44. The molecule has 20 heavy (non-hydrogen) atoms. The number of benzene rings is 1. The van der Waals surface area contributed by atoms with Crippen LogP contribution in [-0.4, -0.2) is 14.8 Å². The highest BCUT2D eigenvalue weighted by molar-refractivity contribution is 7.19. The van der Waals surface area contributed by atoms with Crippen LogP contribution in [-0.2, 0) is 6.54 Å². The van der Waals surface area contributed by atoms with Crippen LogP contribution in [0.15, 0.2) is 24.3 Å². The van der Waals surface area contributed by atoms with Gasteiger partial charge in [0.2, 0.25) is 0 Å². The molecule has 0 unspecified atom stereocenters. The van der Waals surface area contributed by atoms with Crippen molar-refractivity contribution in [3.8, 4) is 0 Å². The lowest BCUT2D eigenvalue weighted by atomic mass is 10.2. The fourth-order valence-electron chi connectivity index (χ4n) is 2.38. The summed E-state index contributed by atoms with van der Waals surface area (Å²) in [7, 11) is 0. The first-order valence-corrected chi connectivity index (χ1v) is 7.58. The summed E-state index contributed by atoms with van der Waals surface area (Å²) in [6.45, 7) is 7.18. The third kappa shape index (κ3) is 2.27. The van der Waals surface area contributed by atoms with Crippen LogP contribution >= 0.6 is 11.3 Å². The number of aryl methyl sites for hydroxylation is 2. The van der Waals surface area contributed by atoms with Gasteiger partial charge in [0.25, 0.3) is 0 Å². The van der Waals surface area contributed by atoms with Crippen LogP contribution < -0.4 is 0 Å². The molecule has 0 fully saturated rings. The van der Waals surface area contributed by atoms with Crippen molar-refractivity contribution in [1.29, 1.82) is 0 Å². The van der Waals surface area contributed by atoms with Crippen molar-refractivity contribution in [2.75, 3.05) is 0 Å². The second-order valence-corrected chi connectivity index (χ2v) is 5.82. The molecule has 2 aromatic heterocycles. The van der Waals surface area contributed by atoms with E-state index in [0.29, 0.717) is 0 Å². The minimum atomic E-state index is 0.904. The van der Waals surface area contributed by atoms with Crippen LogP contribution in [0.25, 0.3) is 22.4 Å². The number of para-hydroxylation sites is 1. The maximum absolute atomic E-state index is 4.62. The quantitative estimate of drug-likeness (QED) is 0.717. The molecule has 2 heterocycles. The van der Waals surface area contributed by atoms with E-state index in [0.717, 1.165) is 22.8 Å². The summed E-state index contributed by atoms with van der Waals surface area (Å²) in [6, 6.07) is 8.23. The maximum atomic E-state index is 4.62. The van der Waals surface area contributed by atoms with Crippen molar-refractivity contribution in [3.05, 3.63) is 46.2 Å². The topological polar surface area (TPSA) is 30.7 Å². The number of fused-ring (bicyclic) bond motifs is 1. The summed E-state index contributed by atoms with van der Waals surface area (Å²) in [4.78, 5) is 4.62. The Kier molecular flexibility index (Phi) is 3.40. The van der Waals surface area contributed by atoms with Crippen LogP contribution in [0.1, 0.15) is 28.9 Å². The minimum absolute atomic E-state index is 0.904. The molecule has 0 aliphatic carbocycles. The van der Waals surface area contributed by atoms with E-state index < -0.39 is 0 Å². The molecule has 3 aromatic rings. The van der Waals surface area contributed by atoms with Crippen molar-refractivity contribution < 1.29 is 0 Å². The molecule has 4 heteroatoms. The smallest absolute Gasteiger partial charge is 0.117 e. The molecule has 102 valence electrons. The highest BCUT2D eigenvalue weighted by atomic mass is 32.1. The lowest BCUT2D eigenvalue weighted by Crippen LogP contribution is -1.98. The molecule has 0 bridgehead atoms. The second kappa shape index (κ2) is 5.21. The van der Waals surface area contributed by atoms with Gasteiger partial charge in [-0.05, 0) is 45.1 Å². The van der Waals surface area contributed by atoms with Gasteiger partial charge in [0.05, 0.1) is 15.9 Å². The van der Waals surface area contributed by atoms with Crippen LogP contribution in [0.4, 0.5) is 0 Å². The number of rotatable bonds is 3. The van der Waals surface area contributed by atoms with E-state index in [9.17, 15) is 0 Å². The molecule has 0 spiro atoms. The first-order chi connectivity index (χ1) is 9.69. The average molecular weight is 283 g/mol. The highest BCUT2D eigenvalue weighted by Gasteiger charge is 2.07. The van der Waals surface area contributed by atoms with Gasteiger partial charge in [0.15, 0.2) is 0 Å². The van der Waals surface area contributed by atoms with Crippen LogP contribution in [0.2, 0.25) is 0 Å². The van der Waals surface area contributed by atoms with Crippen molar-refractivity contribution >= 4 is 33.7 Å². The summed E-state index contributed by atoms with van der Waals surface area (Å²) in [6.07, 6.45) is 4.21. The van der Waals surface area contributed by atoms with E-state index in [2.05, 4.69) is 55.1 Å². The van der Waals surface area contributed by atoms with Gasteiger partial charge in [-0.3, -0.25) is 4.68 Å². The van der Waals surface area contributed by atoms with Gasteiger partial charge in [-0.2, -0.15) is 5.10 Å². The predicted octanol–water partition coefficient (Wildman–Crippen LogP) is 4.30. The molecule has 0 saturated heterocycles. The lowest BCUT2D eigenvalue weighted by molar-refractivity contribution is 0.634. The first kappa shape index (κ1) is 13.1. The Balaban J connectivity index is 1.96. The van der Waals surface area contributed by atoms with Crippen molar-refractivity contribution in [1.82, 2.24) is 14.8 Å². The van der Waals surface area contributed by atoms with Crippen molar-refractivity contribution in [2.24, 2.45) is 0 Å². The highest BCUT2D eigenvalue weighted by Crippen LogP contribution is 2.24. The molecule has 0 atom stereocenters. The number of thiazole rings is 1. The van der Waals surface area contributed by atoms with E-state index >= 15 is 0 Å². The van der Waals surface area contributed by atoms with Gasteiger partial charge < -0.3 is 0 Å². The molecule has 0 saturated carbocycles. The summed E-state index contributed by atoms with van der Waals surface area (Å²) >= 11 is 1.72. The molecule has 3 rings (SSSR count). The molecule has 0 amide bonds. The molecular weight excluding hydrogens is 266 g/mol. The zero-order valence-electron chi connectivity index (χ0n) is 11.9. The van der Waals surface area contributed by atoms with E-state index in [4.69, 9.17) is 0 Å². The largest absolute Gasteiger partial charge is 0.269 e. The second-order valence-electron chi connectivity index (χ2n) is 4.75. The number of aromatic nitrogens is 3. The van der Waals surface area contributed by atoms with Gasteiger partial charge in [-0.1, -0.05) is 12.1 Å². The summed E-state index contributed by atoms with van der Waals surface area (Å²) in [5.41, 5.74) is 4.55. The fourth-order valence-corrected chi connectivity index (χ4v) is 3.25. The normalized spacial score (nSPS) is 11.8. The summed E-state index contributed by atoms with van der Waals surface area (Å²) in [5, 5.41) is 5.57. The van der Waals surface area contributed by atoms with E-state index in [1.807, 2.05) is 16.8 Å². The Bertz CT molecular complexity index is 747. The predicted molar refractivity (Wildman–Crippen MR) is 85.9 cm³/mol. The van der Waals surface area contributed by atoms with E-state index in [-0.39, 0.29) is 0 Å². The minimum Gasteiger partial charge on any atom is -0.269 e. The van der Waals surface area contributed by atoms with E-state index in [1.165, 1.54) is 16.0 Å². The Labute approximate surface area is 122 Å². The van der Waals surface area contributed by atoms with Crippen molar-refractivity contribution in [2.45, 2.75) is 27.3 Å². The summed E-state index contributed by atoms with van der Waals surface area (Å²) < 4.78 is 3.26. The Hall–Kier alpha value is -1.94. The third-order valence-corrected chi connectivity index (χ3v) is 4.44. The molecule has 1 aromatic carbocycles. The van der Waals surface area contributed by atoms with Crippen LogP contribution in [0, 0.1) is 13.8 Å². The van der Waals surface area contributed by atoms with Crippen LogP contribution in [0.5, 0.6) is 0 Å². The molecule has 0 radical (unpaired) electrons. The fraction of sp³-hybridized carbons (Fsp3) is 0.250. The SMILES string of the molecule is CCn1nc(C)c(C=Cc2nc3ccccc3s2)c1C. The molecular formula is C16H17N3S. The molecule has 3 nitrogen and oxygen atoms in total. The summed E-state index contributed by atoms with van der Waals surface area (Å²) in [5.74, 6) is 0. The van der Waals surface area contributed by atoms with Gasteiger partial charge in [-0.25, -0.2) is 4.98 Å². The number of hydrogen-bond donors (Lipinski definition) is 0. The Morgan fingerprint density at radius 3 is 2.70 bits per heavy atom. The monoisotopic (exact) mass is 283 g/mol. The lowest BCUT2D eigenvalue weighted by Gasteiger charge is -1.98. The van der Waals surface area contributed by atoms with Gasteiger partial charge in [0.1, 0.15) is 5.01 Å². The average Bonchev–Trinajstić information content (AvgIpc) is 2.98. The van der Waals surface area contributed by atoms with Crippen molar-refractivity contribution in [3.63, 3.8) is 0 Å². The Morgan fingerprint density at radius 1 is 1.20 bits per heavy atom. The number of hydrogen-bond acceptors (Lipinski definition) is 3. The van der Waals surface area contributed by atoms with Gasteiger partial charge in [0, 0.05) is 17.8 Å². The Morgan fingerprint density at radius 2 is 2.00 bits per heavy atom. The standard InChI is InChI=1S/C16H17N3S/c1-4-19-12(3)13(11(2)18-19)9-10-16-17-14-7-5-6-8-15(14)20-16/h5-10H,4H2,1-3H3. The number of nitrogens with zero attached hydrogens (tertiary/aromatic N) is 3. The maximum Gasteiger partial charge on any atom is 0.117 e. The molecule has 0 aliphatic heterocycles. The zero-order valence-corrected chi connectivity index (χ0v) is 12.7. The van der Waals surface area contributed by atoms with Gasteiger partial charge in [-0.15, -0.1) is 11.3 Å². The molecule has 0 N–H and O–H groups in total. The van der Waals surface area contributed by atoms with E-state index in [1.54, 1.807) is 11.3 Å². The zero-order chi connectivity index (χ0) is 14.1.